The fourth-order valence-corrected chi connectivity index (χ4v) is 2.41. The smallest absolute Gasteiger partial charge is 0.422 e. The van der Waals surface area contributed by atoms with Crippen LogP contribution in [0.25, 0.3) is 0 Å². The van der Waals surface area contributed by atoms with E-state index in [1.807, 2.05) is 0 Å². The summed E-state index contributed by atoms with van der Waals surface area (Å²) < 4.78 is 51.3. The summed E-state index contributed by atoms with van der Waals surface area (Å²) in [7, 11) is 2.26. The maximum Gasteiger partial charge on any atom is 0.422 e. The van der Waals surface area contributed by atoms with Crippen molar-refractivity contribution in [3.8, 4) is 11.8 Å². The van der Waals surface area contributed by atoms with E-state index in [9.17, 15) is 28.0 Å². The predicted octanol–water partition coefficient (Wildman–Crippen LogP) is 2.99. The Hall–Kier alpha value is -3.74. The highest BCUT2D eigenvalue weighted by Crippen LogP contribution is 2.31. The van der Waals surface area contributed by atoms with E-state index >= 15 is 0 Å². The number of carbonyl (C=O) groups is 2. The number of esters is 2. The molecule has 0 spiro atoms. The third kappa shape index (κ3) is 5.16. The van der Waals surface area contributed by atoms with Gasteiger partial charge in [-0.05, 0) is 30.4 Å². The summed E-state index contributed by atoms with van der Waals surface area (Å²) in [5.41, 5.74) is -0.290. The van der Waals surface area contributed by atoms with E-state index in [-0.39, 0.29) is 28.3 Å². The lowest BCUT2D eigenvalue weighted by Gasteiger charge is -2.23. The second kappa shape index (κ2) is 8.97. The van der Waals surface area contributed by atoms with Crippen LogP contribution < -0.4 is 9.64 Å². The van der Waals surface area contributed by atoms with Crippen LogP contribution in [0.4, 0.5) is 18.9 Å². The van der Waals surface area contributed by atoms with Crippen molar-refractivity contribution < 1.29 is 37.0 Å². The molecule has 0 atom stereocenters. The Balaban J connectivity index is 2.54. The number of alkyl halides is 3. The molecular weight excluding hydrogens is 393 g/mol. The van der Waals surface area contributed by atoms with Gasteiger partial charge in [0, 0.05) is 11.9 Å². The van der Waals surface area contributed by atoms with Gasteiger partial charge in [-0.2, -0.15) is 18.4 Å². The quantitative estimate of drug-likeness (QED) is 0.692. The average molecular weight is 408 g/mol. The highest BCUT2D eigenvalue weighted by atomic mass is 19.4. The Bertz CT molecular complexity index is 942. The molecule has 0 saturated carbocycles. The van der Waals surface area contributed by atoms with Crippen LogP contribution in [0, 0.1) is 11.3 Å². The highest BCUT2D eigenvalue weighted by molar-refractivity contribution is 6.05. The Labute approximate surface area is 163 Å². The number of nitrogens with zero attached hydrogens (tertiary/aromatic N) is 2. The molecule has 1 heterocycles. The fraction of sp³-hybridized carbons (Fsp3) is 0.211. The van der Waals surface area contributed by atoms with E-state index < -0.39 is 24.7 Å². The fourth-order valence-electron chi connectivity index (χ4n) is 2.41. The molecule has 1 aliphatic rings. The Kier molecular flexibility index (Phi) is 6.67. The summed E-state index contributed by atoms with van der Waals surface area (Å²) in [6, 6.07) is 5.47. The summed E-state index contributed by atoms with van der Waals surface area (Å²) >= 11 is 0. The number of hydrogen-bond acceptors (Lipinski definition) is 7. The SMILES string of the molecule is COC(=O)C1=C(C(=O)OC)N(c2ccc(OCC(F)(F)F)c(C#N)c2)C=CC=C1. The minimum absolute atomic E-state index is 0.111. The minimum atomic E-state index is -4.57. The number of anilines is 1. The lowest BCUT2D eigenvalue weighted by molar-refractivity contribution is -0.153. The van der Waals surface area contributed by atoms with Gasteiger partial charge in [0.05, 0.1) is 25.4 Å². The number of nitriles is 1. The molecule has 29 heavy (non-hydrogen) atoms. The molecule has 0 aliphatic carbocycles. The number of benzene rings is 1. The number of carbonyl (C=O) groups excluding carboxylic acids is 2. The first-order chi connectivity index (χ1) is 13.7. The zero-order valence-corrected chi connectivity index (χ0v) is 15.3. The first kappa shape index (κ1) is 21.6. The van der Waals surface area contributed by atoms with Crippen molar-refractivity contribution in [2.24, 2.45) is 0 Å². The molecule has 0 N–H and O–H groups in total. The van der Waals surface area contributed by atoms with E-state index in [0.717, 1.165) is 14.2 Å². The molecule has 152 valence electrons. The molecule has 1 aromatic carbocycles. The van der Waals surface area contributed by atoms with Gasteiger partial charge in [-0.15, -0.1) is 0 Å². The maximum atomic E-state index is 12.4. The summed E-state index contributed by atoms with van der Waals surface area (Å²) in [6.45, 7) is -1.56. The van der Waals surface area contributed by atoms with Crippen molar-refractivity contribution in [3.63, 3.8) is 0 Å². The van der Waals surface area contributed by atoms with Crippen LogP contribution in [0.5, 0.6) is 5.75 Å². The molecule has 2 rings (SSSR count). The molecule has 1 aliphatic heterocycles. The van der Waals surface area contributed by atoms with Crippen LogP contribution in [0.15, 0.2) is 53.9 Å². The zero-order valence-electron chi connectivity index (χ0n) is 15.3. The molecule has 0 bridgehead atoms. The predicted molar refractivity (Wildman–Crippen MR) is 94.5 cm³/mol. The van der Waals surface area contributed by atoms with Crippen molar-refractivity contribution in [1.29, 1.82) is 5.26 Å². The molecular formula is C19H15F3N2O5. The van der Waals surface area contributed by atoms with Crippen molar-refractivity contribution >= 4 is 17.6 Å². The van der Waals surface area contributed by atoms with Crippen LogP contribution >= 0.6 is 0 Å². The molecule has 0 saturated heterocycles. The van der Waals surface area contributed by atoms with Crippen LogP contribution in [-0.4, -0.2) is 38.9 Å². The van der Waals surface area contributed by atoms with E-state index in [2.05, 4.69) is 4.74 Å². The molecule has 1 aromatic rings. The standard InChI is InChI=1S/C19H15F3N2O5/c1-27-17(25)14-5-3-4-8-24(16(14)18(26)28-2)13-6-7-15(12(9-13)10-23)29-11-19(20,21)22/h3-9H,11H2,1-2H3. The van der Waals surface area contributed by atoms with Gasteiger partial charge in [-0.25, -0.2) is 9.59 Å². The average Bonchev–Trinajstić information content (AvgIpc) is 2.93. The van der Waals surface area contributed by atoms with Crippen molar-refractivity contribution in [1.82, 2.24) is 0 Å². The highest BCUT2D eigenvalue weighted by Gasteiger charge is 2.30. The topological polar surface area (TPSA) is 88.9 Å². The third-order valence-electron chi connectivity index (χ3n) is 3.64. The number of ether oxygens (including phenoxy) is 3. The minimum Gasteiger partial charge on any atom is -0.483 e. The lowest BCUT2D eigenvalue weighted by atomic mass is 10.1. The number of allylic oxidation sites excluding steroid dienone is 2. The number of methoxy groups -OCH3 is 2. The van der Waals surface area contributed by atoms with E-state index in [1.54, 1.807) is 6.07 Å². The Morgan fingerprint density at radius 2 is 1.83 bits per heavy atom. The molecule has 10 heteroatoms. The Morgan fingerprint density at radius 1 is 1.14 bits per heavy atom. The van der Waals surface area contributed by atoms with Gasteiger partial charge >= 0.3 is 18.1 Å². The van der Waals surface area contributed by atoms with Crippen molar-refractivity contribution in [3.05, 3.63) is 59.5 Å². The summed E-state index contributed by atoms with van der Waals surface area (Å²) in [5.74, 6) is -1.94. The molecule has 0 radical (unpaired) electrons. The largest absolute Gasteiger partial charge is 0.483 e. The second-order valence-corrected chi connectivity index (χ2v) is 5.51. The van der Waals surface area contributed by atoms with E-state index in [1.165, 1.54) is 47.5 Å². The van der Waals surface area contributed by atoms with Crippen molar-refractivity contribution in [2.45, 2.75) is 6.18 Å². The van der Waals surface area contributed by atoms with Gasteiger partial charge in [-0.3, -0.25) is 0 Å². The van der Waals surface area contributed by atoms with Gasteiger partial charge in [0.15, 0.2) is 6.61 Å². The first-order valence-electron chi connectivity index (χ1n) is 8.00. The number of halogens is 3. The normalized spacial score (nSPS) is 13.6. The second-order valence-electron chi connectivity index (χ2n) is 5.51. The van der Waals surface area contributed by atoms with Crippen LogP contribution in [0.3, 0.4) is 0 Å². The molecule has 0 fully saturated rings. The monoisotopic (exact) mass is 408 g/mol. The molecule has 0 amide bonds. The third-order valence-corrected chi connectivity index (χ3v) is 3.64. The first-order valence-corrected chi connectivity index (χ1v) is 8.00. The van der Waals surface area contributed by atoms with Crippen molar-refractivity contribution in [2.75, 3.05) is 25.7 Å². The van der Waals surface area contributed by atoms with Gasteiger partial charge in [0.2, 0.25) is 0 Å². The lowest BCUT2D eigenvalue weighted by Crippen LogP contribution is -2.27. The van der Waals surface area contributed by atoms with Crippen LogP contribution in [-0.2, 0) is 19.1 Å². The van der Waals surface area contributed by atoms with Gasteiger partial charge in [0.1, 0.15) is 17.5 Å². The number of hydrogen-bond donors (Lipinski definition) is 0. The van der Waals surface area contributed by atoms with Crippen LogP contribution in [0.1, 0.15) is 5.56 Å². The summed E-state index contributed by atoms with van der Waals surface area (Å²) in [4.78, 5) is 25.7. The van der Waals surface area contributed by atoms with E-state index in [0.29, 0.717) is 0 Å². The van der Waals surface area contributed by atoms with Gasteiger partial charge < -0.3 is 19.1 Å². The number of rotatable bonds is 5. The zero-order chi connectivity index (χ0) is 21.6. The van der Waals surface area contributed by atoms with Gasteiger partial charge in [-0.1, -0.05) is 6.08 Å². The van der Waals surface area contributed by atoms with E-state index in [4.69, 9.17) is 9.47 Å². The summed E-state index contributed by atoms with van der Waals surface area (Å²) in [5, 5.41) is 9.29. The summed E-state index contributed by atoms with van der Waals surface area (Å²) in [6.07, 6.45) is 1.20. The Morgan fingerprint density at radius 3 is 2.41 bits per heavy atom. The van der Waals surface area contributed by atoms with Gasteiger partial charge in [0.25, 0.3) is 0 Å². The molecule has 0 aromatic heterocycles. The molecule has 0 unspecified atom stereocenters. The molecule has 7 nitrogen and oxygen atoms in total. The van der Waals surface area contributed by atoms with Crippen LogP contribution in [0.2, 0.25) is 0 Å². The maximum absolute atomic E-state index is 12.4.